The summed E-state index contributed by atoms with van der Waals surface area (Å²) >= 11 is 1.24. The lowest BCUT2D eigenvalue weighted by Crippen LogP contribution is -2.28. The minimum Gasteiger partial charge on any atom is -0.356 e. The number of thiazole rings is 1. The molecule has 0 saturated heterocycles. The Morgan fingerprint density at radius 2 is 1.96 bits per heavy atom. The molecule has 5 nitrogen and oxygen atoms in total. The first-order valence-corrected chi connectivity index (χ1v) is 8.10. The molecule has 7 heteroatoms. The van der Waals surface area contributed by atoms with Crippen LogP contribution in [0.1, 0.15) is 29.9 Å². The first-order chi connectivity index (χ1) is 10.9. The van der Waals surface area contributed by atoms with Crippen molar-refractivity contribution in [3.05, 3.63) is 46.7 Å². The summed E-state index contributed by atoms with van der Waals surface area (Å²) in [6, 6.07) is 5.25. The van der Waals surface area contributed by atoms with Crippen molar-refractivity contribution >= 4 is 28.3 Å². The fraction of sp³-hybridized carbons (Fsp3) is 0.312. The van der Waals surface area contributed by atoms with E-state index < -0.39 is 5.82 Å². The molecule has 2 rings (SSSR count). The highest BCUT2D eigenvalue weighted by Gasteiger charge is 2.11. The van der Waals surface area contributed by atoms with Gasteiger partial charge in [0, 0.05) is 17.5 Å². The number of carbonyl (C=O) groups is 2. The van der Waals surface area contributed by atoms with Crippen molar-refractivity contribution < 1.29 is 14.0 Å². The second-order valence-electron chi connectivity index (χ2n) is 5.48. The third-order valence-corrected chi connectivity index (χ3v) is 3.73. The van der Waals surface area contributed by atoms with Gasteiger partial charge < -0.3 is 5.32 Å². The molecule has 0 aliphatic rings. The average Bonchev–Trinajstić information content (AvgIpc) is 2.92. The van der Waals surface area contributed by atoms with Gasteiger partial charge in [-0.15, -0.1) is 11.3 Å². The Labute approximate surface area is 137 Å². The molecule has 0 fully saturated rings. The number of benzene rings is 1. The predicted octanol–water partition coefficient (Wildman–Crippen LogP) is 2.85. The molecule has 0 saturated carbocycles. The number of nitrogens with zero attached hydrogens (tertiary/aromatic N) is 1. The summed E-state index contributed by atoms with van der Waals surface area (Å²) in [6.07, 6.45) is 0.176. The SMILES string of the molecule is CC(C)CNC(=O)Cc1csc(NC(=O)c2ccc(F)cc2)n1. The largest absolute Gasteiger partial charge is 0.356 e. The molecule has 0 aliphatic heterocycles. The molecule has 2 aromatic rings. The molecule has 23 heavy (non-hydrogen) atoms. The van der Waals surface area contributed by atoms with Crippen molar-refractivity contribution in [3.8, 4) is 0 Å². The van der Waals surface area contributed by atoms with Crippen LogP contribution in [0.4, 0.5) is 9.52 Å². The first-order valence-electron chi connectivity index (χ1n) is 7.22. The van der Waals surface area contributed by atoms with Crippen LogP contribution in [-0.2, 0) is 11.2 Å². The van der Waals surface area contributed by atoms with Crippen molar-refractivity contribution in [1.82, 2.24) is 10.3 Å². The molecule has 0 radical (unpaired) electrons. The van der Waals surface area contributed by atoms with E-state index in [0.29, 0.717) is 28.9 Å². The fourth-order valence-electron chi connectivity index (χ4n) is 1.76. The first kappa shape index (κ1) is 17.1. The number of halogens is 1. The lowest BCUT2D eigenvalue weighted by Gasteiger charge is -2.06. The van der Waals surface area contributed by atoms with Gasteiger partial charge in [0.2, 0.25) is 5.91 Å². The highest BCUT2D eigenvalue weighted by atomic mass is 32.1. The second kappa shape index (κ2) is 7.82. The lowest BCUT2D eigenvalue weighted by molar-refractivity contribution is -0.120. The standard InChI is InChI=1S/C16H18FN3O2S/c1-10(2)8-18-14(21)7-13-9-23-16(19-13)20-15(22)11-3-5-12(17)6-4-11/h3-6,9-10H,7-8H2,1-2H3,(H,18,21)(H,19,20,22). The number of nitrogens with one attached hydrogen (secondary N) is 2. The van der Waals surface area contributed by atoms with Crippen molar-refractivity contribution in [2.75, 3.05) is 11.9 Å². The third kappa shape index (κ3) is 5.45. The van der Waals surface area contributed by atoms with E-state index in [1.54, 1.807) is 5.38 Å². The summed E-state index contributed by atoms with van der Waals surface area (Å²) in [5, 5.41) is 7.59. The van der Waals surface area contributed by atoms with E-state index in [2.05, 4.69) is 15.6 Å². The van der Waals surface area contributed by atoms with Gasteiger partial charge in [0.25, 0.3) is 5.91 Å². The molecule has 0 bridgehead atoms. The molecule has 0 aliphatic carbocycles. The Bertz CT molecular complexity index is 683. The third-order valence-electron chi connectivity index (χ3n) is 2.93. The number of amides is 2. The summed E-state index contributed by atoms with van der Waals surface area (Å²) in [7, 11) is 0. The summed E-state index contributed by atoms with van der Waals surface area (Å²) in [5.41, 5.74) is 0.948. The van der Waals surface area contributed by atoms with Crippen LogP contribution in [0.15, 0.2) is 29.6 Å². The van der Waals surface area contributed by atoms with Crippen LogP contribution < -0.4 is 10.6 Å². The van der Waals surface area contributed by atoms with Gasteiger partial charge in [0.15, 0.2) is 5.13 Å². The molecule has 0 unspecified atom stereocenters. The van der Waals surface area contributed by atoms with E-state index in [0.717, 1.165) is 0 Å². The number of carbonyl (C=O) groups excluding carboxylic acids is 2. The Morgan fingerprint density at radius 1 is 1.26 bits per heavy atom. The molecular weight excluding hydrogens is 317 g/mol. The van der Waals surface area contributed by atoms with E-state index in [9.17, 15) is 14.0 Å². The zero-order valence-corrected chi connectivity index (χ0v) is 13.7. The average molecular weight is 335 g/mol. The van der Waals surface area contributed by atoms with E-state index in [4.69, 9.17) is 0 Å². The van der Waals surface area contributed by atoms with Crippen LogP contribution in [0.3, 0.4) is 0 Å². The van der Waals surface area contributed by atoms with E-state index in [-0.39, 0.29) is 18.2 Å². The van der Waals surface area contributed by atoms with E-state index >= 15 is 0 Å². The topological polar surface area (TPSA) is 71.1 Å². The minimum absolute atomic E-state index is 0.0968. The van der Waals surface area contributed by atoms with Gasteiger partial charge in [-0.2, -0.15) is 0 Å². The van der Waals surface area contributed by atoms with Gasteiger partial charge in [0.1, 0.15) is 5.82 Å². The van der Waals surface area contributed by atoms with Crippen molar-refractivity contribution in [2.45, 2.75) is 20.3 Å². The van der Waals surface area contributed by atoms with Crippen LogP contribution in [0.5, 0.6) is 0 Å². The van der Waals surface area contributed by atoms with Gasteiger partial charge in [-0.25, -0.2) is 9.37 Å². The van der Waals surface area contributed by atoms with Crippen molar-refractivity contribution in [1.29, 1.82) is 0 Å². The Balaban J connectivity index is 1.90. The Morgan fingerprint density at radius 3 is 2.61 bits per heavy atom. The molecule has 0 spiro atoms. The summed E-state index contributed by atoms with van der Waals surface area (Å²) in [6.45, 7) is 4.66. The maximum absolute atomic E-state index is 12.8. The van der Waals surface area contributed by atoms with Crippen LogP contribution >= 0.6 is 11.3 Å². The van der Waals surface area contributed by atoms with Crippen molar-refractivity contribution in [3.63, 3.8) is 0 Å². The van der Waals surface area contributed by atoms with Crippen LogP contribution in [0, 0.1) is 11.7 Å². The number of rotatable bonds is 6. The molecule has 0 atom stereocenters. The number of aromatic nitrogens is 1. The minimum atomic E-state index is -0.398. The zero-order chi connectivity index (χ0) is 16.8. The van der Waals surface area contributed by atoms with Gasteiger partial charge in [0.05, 0.1) is 12.1 Å². The smallest absolute Gasteiger partial charge is 0.257 e. The summed E-state index contributed by atoms with van der Waals surface area (Å²) in [5.74, 6) is -0.471. The molecule has 1 heterocycles. The molecular formula is C16H18FN3O2S. The molecule has 2 N–H and O–H groups in total. The maximum Gasteiger partial charge on any atom is 0.257 e. The second-order valence-corrected chi connectivity index (χ2v) is 6.34. The van der Waals surface area contributed by atoms with E-state index in [1.807, 2.05) is 13.8 Å². The fourth-order valence-corrected chi connectivity index (χ4v) is 2.47. The van der Waals surface area contributed by atoms with Crippen molar-refractivity contribution in [2.24, 2.45) is 5.92 Å². The summed E-state index contributed by atoms with van der Waals surface area (Å²) in [4.78, 5) is 27.9. The normalized spacial score (nSPS) is 10.6. The van der Waals surface area contributed by atoms with Gasteiger partial charge in [-0.3, -0.25) is 14.9 Å². The van der Waals surface area contributed by atoms with Gasteiger partial charge in [-0.05, 0) is 30.2 Å². The Hall–Kier alpha value is -2.28. The van der Waals surface area contributed by atoms with Gasteiger partial charge >= 0.3 is 0 Å². The highest BCUT2D eigenvalue weighted by molar-refractivity contribution is 7.14. The summed E-state index contributed by atoms with van der Waals surface area (Å²) < 4.78 is 12.8. The zero-order valence-electron chi connectivity index (χ0n) is 12.9. The van der Waals surface area contributed by atoms with E-state index in [1.165, 1.54) is 35.6 Å². The lowest BCUT2D eigenvalue weighted by atomic mass is 10.2. The molecule has 1 aromatic carbocycles. The molecule has 122 valence electrons. The number of hydrogen-bond acceptors (Lipinski definition) is 4. The molecule has 1 aromatic heterocycles. The Kier molecular flexibility index (Phi) is 5.81. The maximum atomic E-state index is 12.8. The number of hydrogen-bond donors (Lipinski definition) is 2. The highest BCUT2D eigenvalue weighted by Crippen LogP contribution is 2.17. The number of anilines is 1. The quantitative estimate of drug-likeness (QED) is 0.853. The van der Waals surface area contributed by atoms with Gasteiger partial charge in [-0.1, -0.05) is 13.8 Å². The van der Waals surface area contributed by atoms with Crippen LogP contribution in [0.2, 0.25) is 0 Å². The van der Waals surface area contributed by atoms with Crippen LogP contribution in [-0.4, -0.2) is 23.3 Å². The van der Waals surface area contributed by atoms with Crippen LogP contribution in [0.25, 0.3) is 0 Å². The predicted molar refractivity (Wildman–Crippen MR) is 88.0 cm³/mol. The monoisotopic (exact) mass is 335 g/mol. The molecule has 2 amide bonds.